The Labute approximate surface area is 140 Å². The molecule has 116 valence electrons. The van der Waals surface area contributed by atoms with Gasteiger partial charge in [-0.2, -0.15) is 0 Å². The first-order valence-corrected chi connectivity index (χ1v) is 8.64. The summed E-state index contributed by atoms with van der Waals surface area (Å²) < 4.78 is 4.25. The Hall–Kier alpha value is -2.04. The van der Waals surface area contributed by atoms with E-state index in [4.69, 9.17) is 0 Å². The summed E-state index contributed by atoms with van der Waals surface area (Å²) in [6, 6.07) is 21.5. The Morgan fingerprint density at radius 2 is 1.52 bits per heavy atom. The van der Waals surface area contributed by atoms with Gasteiger partial charge in [0.05, 0.1) is 16.6 Å². The number of hydrogen-bond acceptors (Lipinski definition) is 4. The van der Waals surface area contributed by atoms with Crippen LogP contribution in [0.15, 0.2) is 60.7 Å². The lowest BCUT2D eigenvalue weighted by molar-refractivity contribution is 0.294. The molecule has 2 unspecified atom stereocenters. The molecule has 1 N–H and O–H groups in total. The van der Waals surface area contributed by atoms with Crippen LogP contribution in [0.4, 0.5) is 0 Å². The van der Waals surface area contributed by atoms with Gasteiger partial charge < -0.3 is 0 Å². The van der Waals surface area contributed by atoms with Gasteiger partial charge in [-0.1, -0.05) is 79.0 Å². The molecule has 0 radical (unpaired) electrons. The third-order valence-electron chi connectivity index (χ3n) is 4.71. The van der Waals surface area contributed by atoms with Crippen LogP contribution in [0.3, 0.4) is 0 Å². The molecule has 0 bridgehead atoms. The van der Waals surface area contributed by atoms with E-state index in [0.717, 1.165) is 5.69 Å². The average Bonchev–Trinajstić information content (AvgIpc) is 3.08. The third-order valence-corrected chi connectivity index (χ3v) is 5.50. The average molecular weight is 321 g/mol. The summed E-state index contributed by atoms with van der Waals surface area (Å²) in [6.45, 7) is 4.50. The van der Waals surface area contributed by atoms with Crippen LogP contribution in [0, 0.1) is 0 Å². The van der Waals surface area contributed by atoms with E-state index in [1.807, 2.05) is 0 Å². The van der Waals surface area contributed by atoms with E-state index >= 15 is 0 Å². The van der Waals surface area contributed by atoms with Crippen molar-refractivity contribution in [3.8, 4) is 0 Å². The number of nitrogens with one attached hydrogen (secondary N) is 1. The Balaban J connectivity index is 1.85. The van der Waals surface area contributed by atoms with Crippen LogP contribution < -0.4 is 5.32 Å². The summed E-state index contributed by atoms with van der Waals surface area (Å²) in [5.74, 6) is 0. The molecule has 2 heterocycles. The van der Waals surface area contributed by atoms with Crippen molar-refractivity contribution in [1.82, 2.24) is 14.9 Å². The highest BCUT2D eigenvalue weighted by molar-refractivity contribution is 7.05. The third kappa shape index (κ3) is 2.38. The molecule has 0 fully saturated rings. The molecule has 2 aromatic carbocycles. The second-order valence-corrected chi connectivity index (χ2v) is 7.35. The standard InChI is InChI=1S/C19H19N3S/c1-19(2)17(14-11-7-4-8-12-14)20-15(13-9-5-3-6-10-13)16-18(19)21-22-23-16/h3-12,15,17,20H,1-2H3. The Kier molecular flexibility index (Phi) is 3.51. The molecule has 4 heteroatoms. The molecule has 1 aromatic heterocycles. The topological polar surface area (TPSA) is 37.8 Å². The predicted octanol–water partition coefficient (Wildman–Crippen LogP) is 4.25. The smallest absolute Gasteiger partial charge is 0.0882 e. The maximum atomic E-state index is 4.49. The van der Waals surface area contributed by atoms with Crippen molar-refractivity contribution in [2.24, 2.45) is 0 Å². The van der Waals surface area contributed by atoms with Crippen LogP contribution in [0.5, 0.6) is 0 Å². The predicted molar refractivity (Wildman–Crippen MR) is 93.5 cm³/mol. The minimum Gasteiger partial charge on any atom is -0.298 e. The van der Waals surface area contributed by atoms with E-state index in [2.05, 4.69) is 89.4 Å². The molecule has 0 saturated carbocycles. The highest BCUT2D eigenvalue weighted by atomic mass is 32.1. The second kappa shape index (κ2) is 5.55. The summed E-state index contributed by atoms with van der Waals surface area (Å²) in [4.78, 5) is 1.23. The van der Waals surface area contributed by atoms with Gasteiger partial charge in [-0.3, -0.25) is 5.32 Å². The minimum atomic E-state index is -0.102. The lowest BCUT2D eigenvalue weighted by Gasteiger charge is -2.42. The molecule has 1 aliphatic heterocycles. The van der Waals surface area contributed by atoms with Crippen LogP contribution in [0.2, 0.25) is 0 Å². The molecule has 1 aliphatic rings. The van der Waals surface area contributed by atoms with Gasteiger partial charge in [-0.15, -0.1) is 5.10 Å². The van der Waals surface area contributed by atoms with Crippen LogP contribution in [0.1, 0.15) is 47.6 Å². The largest absolute Gasteiger partial charge is 0.298 e. The fourth-order valence-electron chi connectivity index (χ4n) is 3.47. The van der Waals surface area contributed by atoms with Gasteiger partial charge in [0.1, 0.15) is 0 Å². The molecule has 4 rings (SSSR count). The molecule has 3 nitrogen and oxygen atoms in total. The minimum absolute atomic E-state index is 0.102. The van der Waals surface area contributed by atoms with Gasteiger partial charge in [0, 0.05) is 11.5 Å². The summed E-state index contributed by atoms with van der Waals surface area (Å²) in [6.07, 6.45) is 0. The molecular formula is C19H19N3S. The zero-order chi connectivity index (χ0) is 15.9. The monoisotopic (exact) mass is 321 g/mol. The molecule has 0 aliphatic carbocycles. The van der Waals surface area contributed by atoms with Crippen LogP contribution in [0.25, 0.3) is 0 Å². The number of aromatic nitrogens is 2. The number of rotatable bonds is 2. The van der Waals surface area contributed by atoms with Crippen molar-refractivity contribution in [2.75, 3.05) is 0 Å². The van der Waals surface area contributed by atoms with Crippen molar-refractivity contribution < 1.29 is 0 Å². The Bertz CT molecular complexity index is 796. The zero-order valence-electron chi connectivity index (χ0n) is 13.2. The highest BCUT2D eigenvalue weighted by Crippen LogP contribution is 2.46. The molecule has 0 amide bonds. The van der Waals surface area contributed by atoms with Crippen molar-refractivity contribution >= 4 is 11.5 Å². The van der Waals surface area contributed by atoms with Crippen LogP contribution in [-0.2, 0) is 5.41 Å². The number of benzene rings is 2. The van der Waals surface area contributed by atoms with Crippen molar-refractivity contribution in [1.29, 1.82) is 0 Å². The number of hydrogen-bond donors (Lipinski definition) is 1. The summed E-state index contributed by atoms with van der Waals surface area (Å²) in [5.41, 5.74) is 3.56. The van der Waals surface area contributed by atoms with Crippen LogP contribution in [-0.4, -0.2) is 9.59 Å². The van der Waals surface area contributed by atoms with Gasteiger partial charge in [0.2, 0.25) is 0 Å². The van der Waals surface area contributed by atoms with Crippen LogP contribution >= 0.6 is 11.5 Å². The first-order chi connectivity index (χ1) is 11.2. The van der Waals surface area contributed by atoms with E-state index < -0.39 is 0 Å². The maximum absolute atomic E-state index is 4.49. The summed E-state index contributed by atoms with van der Waals surface area (Å²) >= 11 is 1.50. The molecule has 23 heavy (non-hydrogen) atoms. The molecular weight excluding hydrogens is 302 g/mol. The van der Waals surface area contributed by atoms with Gasteiger partial charge in [-0.25, -0.2) is 0 Å². The van der Waals surface area contributed by atoms with E-state index in [-0.39, 0.29) is 17.5 Å². The SMILES string of the molecule is CC1(C)c2nnsc2C(c2ccccc2)NC1c1ccccc1. The normalized spacial score (nSPS) is 22.5. The number of nitrogens with zero attached hydrogens (tertiary/aromatic N) is 2. The number of fused-ring (bicyclic) bond motifs is 1. The lowest BCUT2D eigenvalue weighted by Crippen LogP contribution is -2.45. The Morgan fingerprint density at radius 3 is 2.17 bits per heavy atom. The zero-order valence-corrected chi connectivity index (χ0v) is 14.0. The molecule has 3 aromatic rings. The van der Waals surface area contributed by atoms with Crippen molar-refractivity contribution in [3.05, 3.63) is 82.4 Å². The Morgan fingerprint density at radius 1 is 0.913 bits per heavy atom. The van der Waals surface area contributed by atoms with E-state index in [1.54, 1.807) is 0 Å². The summed E-state index contributed by atoms with van der Waals surface area (Å²) in [7, 11) is 0. The lowest BCUT2D eigenvalue weighted by atomic mass is 9.73. The maximum Gasteiger partial charge on any atom is 0.0882 e. The first-order valence-electron chi connectivity index (χ1n) is 7.86. The quantitative estimate of drug-likeness (QED) is 0.767. The van der Waals surface area contributed by atoms with Gasteiger partial charge in [0.15, 0.2) is 0 Å². The van der Waals surface area contributed by atoms with Gasteiger partial charge in [0.25, 0.3) is 0 Å². The van der Waals surface area contributed by atoms with Crippen molar-refractivity contribution in [2.45, 2.75) is 31.3 Å². The fourth-order valence-corrected chi connectivity index (χ4v) is 4.38. The van der Waals surface area contributed by atoms with Crippen molar-refractivity contribution in [3.63, 3.8) is 0 Å². The highest BCUT2D eigenvalue weighted by Gasteiger charge is 2.44. The fraction of sp³-hybridized carbons (Fsp3) is 0.263. The summed E-state index contributed by atoms with van der Waals surface area (Å²) in [5, 5.41) is 8.34. The second-order valence-electron chi connectivity index (χ2n) is 6.56. The van der Waals surface area contributed by atoms with E-state index in [0.29, 0.717) is 0 Å². The van der Waals surface area contributed by atoms with E-state index in [9.17, 15) is 0 Å². The van der Waals surface area contributed by atoms with Gasteiger partial charge in [-0.05, 0) is 22.7 Å². The first kappa shape index (κ1) is 14.5. The molecule has 2 atom stereocenters. The molecule has 0 saturated heterocycles. The van der Waals surface area contributed by atoms with Gasteiger partial charge >= 0.3 is 0 Å². The molecule has 0 spiro atoms. The van der Waals surface area contributed by atoms with E-state index in [1.165, 1.54) is 27.5 Å².